The van der Waals surface area contributed by atoms with E-state index in [-0.39, 0.29) is 0 Å². The van der Waals surface area contributed by atoms with E-state index < -0.39 is 5.41 Å². The van der Waals surface area contributed by atoms with E-state index in [9.17, 15) is 0 Å². The molecule has 2 heteroatoms. The SMILES string of the molecule is C=C/C=C\C=C(/C)C1=C(Nc2cccc3ccccc23)CC(C(/C=C(\C)C(=C)/C=C2\C(=C/C)C(C(/C=C\C)=C/C=C)(c3ccccc3)c3ccccc32)=C/C=NC2=C=C(c3ccccc3)C=C2)=C1. The quantitative estimate of drug-likeness (QED) is 0.0596. The molecular formula is C66H58N2. The molecule has 1 atom stereocenters. The number of nitrogens with zero attached hydrogens (tertiary/aromatic N) is 1. The van der Waals surface area contributed by atoms with Crippen LogP contribution in [-0.2, 0) is 5.41 Å². The van der Waals surface area contributed by atoms with Crippen LogP contribution >= 0.6 is 0 Å². The van der Waals surface area contributed by atoms with Crippen LogP contribution in [0.15, 0.2) is 305 Å². The minimum atomic E-state index is -0.562. The van der Waals surface area contributed by atoms with Crippen molar-refractivity contribution < 1.29 is 0 Å². The lowest BCUT2D eigenvalue weighted by Crippen LogP contribution is -2.29. The van der Waals surface area contributed by atoms with Crippen LogP contribution in [0.1, 0.15) is 56.4 Å². The summed E-state index contributed by atoms with van der Waals surface area (Å²) in [6.07, 6.45) is 34.3. The lowest BCUT2D eigenvalue weighted by Gasteiger charge is -2.35. The number of aliphatic imine (C=N–C) groups is 1. The molecule has 0 saturated carbocycles. The standard InChI is InChI=1S/C66H58N2/c1-8-12-15-27-47(5)60-45-54(46-65(60)68-64-37-24-31-51-30-20-21-34-58(51)64)53(40-41-67-57-39-38-52(44-57)50-28-16-13-17-29-50)42-48(6)49(7)43-61-59-35-22-23-36-63(59)66(62(61)11-4,55(25-9-2)26-10-3)56-32-18-14-19-33-56/h8-43,45,68H,1-2,7,46H2,3-6H3/b15-12-,26-10-,47-27+,48-42+,53-40+,55-25+,61-43-,62-11+,67-41?. The number of nitrogens with one attached hydrogen (secondary N) is 1. The Kier molecular flexibility index (Phi) is 14.5. The van der Waals surface area contributed by atoms with Gasteiger partial charge in [-0.25, -0.2) is 4.99 Å². The monoisotopic (exact) mass is 878 g/mol. The van der Waals surface area contributed by atoms with Crippen LogP contribution < -0.4 is 5.32 Å². The van der Waals surface area contributed by atoms with Crippen LogP contribution in [0, 0.1) is 0 Å². The summed E-state index contributed by atoms with van der Waals surface area (Å²) < 4.78 is 0. The Morgan fingerprint density at radius 1 is 0.765 bits per heavy atom. The molecule has 0 bridgehead atoms. The highest BCUT2D eigenvalue weighted by Crippen LogP contribution is 2.58. The molecule has 0 radical (unpaired) electrons. The van der Waals surface area contributed by atoms with Gasteiger partial charge in [0.05, 0.1) is 5.41 Å². The second-order valence-corrected chi connectivity index (χ2v) is 17.0. The van der Waals surface area contributed by atoms with Gasteiger partial charge in [0.15, 0.2) is 0 Å². The molecule has 0 spiro atoms. The maximum atomic E-state index is 4.93. The third-order valence-corrected chi connectivity index (χ3v) is 12.8. The molecule has 0 amide bonds. The van der Waals surface area contributed by atoms with Crippen LogP contribution in [-0.4, -0.2) is 6.21 Å². The molecule has 0 aromatic heterocycles. The van der Waals surface area contributed by atoms with Crippen LogP contribution in [0.2, 0.25) is 0 Å². The van der Waals surface area contributed by atoms with Gasteiger partial charge >= 0.3 is 0 Å². The van der Waals surface area contributed by atoms with Gasteiger partial charge < -0.3 is 5.32 Å². The van der Waals surface area contributed by atoms with Crippen molar-refractivity contribution in [3.8, 4) is 0 Å². The van der Waals surface area contributed by atoms with Gasteiger partial charge in [-0.05, 0) is 142 Å². The molecule has 332 valence electrons. The van der Waals surface area contributed by atoms with E-state index in [1.165, 1.54) is 38.6 Å². The molecule has 68 heavy (non-hydrogen) atoms. The normalized spacial score (nSPS) is 18.9. The van der Waals surface area contributed by atoms with Crippen LogP contribution in [0.25, 0.3) is 21.9 Å². The number of fused-ring (bicyclic) bond motifs is 2. The smallest absolute Gasteiger partial charge is 0.106 e. The van der Waals surface area contributed by atoms with E-state index in [0.717, 1.165) is 67.2 Å². The van der Waals surface area contributed by atoms with Crippen molar-refractivity contribution in [1.82, 2.24) is 0 Å². The van der Waals surface area contributed by atoms with Crippen molar-refractivity contribution in [1.29, 1.82) is 0 Å². The van der Waals surface area contributed by atoms with Crippen LogP contribution in [0.3, 0.4) is 0 Å². The Hall–Kier alpha value is -8.29. The van der Waals surface area contributed by atoms with Crippen molar-refractivity contribution in [2.24, 2.45) is 4.99 Å². The van der Waals surface area contributed by atoms with E-state index in [1.807, 2.05) is 48.7 Å². The molecule has 1 unspecified atom stereocenters. The molecular weight excluding hydrogens is 821 g/mol. The van der Waals surface area contributed by atoms with Crippen molar-refractivity contribution in [2.45, 2.75) is 39.5 Å². The fraction of sp³-hybridized carbons (Fsp3) is 0.0909. The van der Waals surface area contributed by atoms with Gasteiger partial charge in [0.2, 0.25) is 0 Å². The van der Waals surface area contributed by atoms with Crippen LogP contribution in [0.4, 0.5) is 5.69 Å². The summed E-state index contributed by atoms with van der Waals surface area (Å²) >= 11 is 0. The fourth-order valence-electron chi connectivity index (χ4n) is 9.57. The summed E-state index contributed by atoms with van der Waals surface area (Å²) in [6, 6.07) is 44.9. The summed E-state index contributed by atoms with van der Waals surface area (Å²) in [5, 5.41) is 6.26. The maximum absolute atomic E-state index is 4.93. The van der Waals surface area contributed by atoms with Crippen molar-refractivity contribution >= 4 is 33.8 Å². The fourth-order valence-corrected chi connectivity index (χ4v) is 9.57. The highest BCUT2D eigenvalue weighted by atomic mass is 14.9. The highest BCUT2D eigenvalue weighted by Gasteiger charge is 2.48. The molecule has 0 saturated heterocycles. The van der Waals surface area contributed by atoms with Gasteiger partial charge in [0.1, 0.15) is 5.70 Å². The number of benzene rings is 5. The predicted octanol–water partition coefficient (Wildman–Crippen LogP) is 17.2. The summed E-state index contributed by atoms with van der Waals surface area (Å²) in [6.45, 7) is 21.4. The van der Waals surface area contributed by atoms with Crippen molar-refractivity contribution in [3.63, 3.8) is 0 Å². The molecule has 8 rings (SSSR count). The first kappa shape index (κ1) is 46.2. The van der Waals surface area contributed by atoms with Gasteiger partial charge in [-0.1, -0.05) is 208 Å². The first-order valence-corrected chi connectivity index (χ1v) is 23.3. The van der Waals surface area contributed by atoms with E-state index in [0.29, 0.717) is 6.42 Å². The predicted molar refractivity (Wildman–Crippen MR) is 294 cm³/mol. The zero-order valence-electron chi connectivity index (χ0n) is 39.6. The minimum absolute atomic E-state index is 0.562. The zero-order chi connectivity index (χ0) is 47.5. The third-order valence-electron chi connectivity index (χ3n) is 12.8. The summed E-state index contributed by atoms with van der Waals surface area (Å²) in [5.41, 5.74) is 21.6. The average Bonchev–Trinajstić information content (AvgIpc) is 4.10. The Morgan fingerprint density at radius 3 is 2.26 bits per heavy atom. The summed E-state index contributed by atoms with van der Waals surface area (Å²) in [7, 11) is 0. The second kappa shape index (κ2) is 21.3. The first-order chi connectivity index (χ1) is 33.3. The number of rotatable bonds is 16. The van der Waals surface area contributed by atoms with Crippen molar-refractivity contribution in [3.05, 3.63) is 322 Å². The molecule has 2 nitrogen and oxygen atoms in total. The third kappa shape index (κ3) is 9.51. The van der Waals surface area contributed by atoms with Crippen LogP contribution in [0.5, 0.6) is 0 Å². The molecule has 1 N–H and O–H groups in total. The number of allylic oxidation sites excluding steroid dienone is 24. The number of anilines is 1. The Labute approximate surface area is 404 Å². The summed E-state index contributed by atoms with van der Waals surface area (Å²) in [4.78, 5) is 4.93. The Balaban J connectivity index is 1.23. The molecule has 0 fully saturated rings. The van der Waals surface area contributed by atoms with Gasteiger partial charge in [0.25, 0.3) is 0 Å². The average molecular weight is 879 g/mol. The van der Waals surface area contributed by atoms with E-state index >= 15 is 0 Å². The molecule has 0 heterocycles. The van der Waals surface area contributed by atoms with Gasteiger partial charge in [-0.2, -0.15) is 0 Å². The topological polar surface area (TPSA) is 24.4 Å². The lowest BCUT2D eigenvalue weighted by molar-refractivity contribution is 0.766. The minimum Gasteiger partial charge on any atom is -0.358 e. The Morgan fingerprint density at radius 2 is 1.50 bits per heavy atom. The molecule has 5 aromatic rings. The van der Waals surface area contributed by atoms with E-state index in [1.54, 1.807) is 6.08 Å². The zero-order valence-corrected chi connectivity index (χ0v) is 39.6. The van der Waals surface area contributed by atoms with Gasteiger partial charge in [0, 0.05) is 35.0 Å². The molecule has 3 aliphatic carbocycles. The number of hydrogen-bond acceptors (Lipinski definition) is 2. The van der Waals surface area contributed by atoms with E-state index in [4.69, 9.17) is 11.6 Å². The van der Waals surface area contributed by atoms with Gasteiger partial charge in [-0.3, -0.25) is 0 Å². The Bertz CT molecular complexity index is 3250. The van der Waals surface area contributed by atoms with Gasteiger partial charge in [-0.15, -0.1) is 0 Å². The van der Waals surface area contributed by atoms with Crippen molar-refractivity contribution in [2.75, 3.05) is 5.32 Å². The summed E-state index contributed by atoms with van der Waals surface area (Å²) in [5.74, 6) is 0. The first-order valence-electron chi connectivity index (χ1n) is 23.3. The molecule has 3 aliphatic rings. The molecule has 0 aliphatic heterocycles. The maximum Gasteiger partial charge on any atom is 0.106 e. The van der Waals surface area contributed by atoms with E-state index in [2.05, 4.69) is 222 Å². The second-order valence-electron chi connectivity index (χ2n) is 17.0. The lowest BCUT2D eigenvalue weighted by atomic mass is 9.66. The highest BCUT2D eigenvalue weighted by molar-refractivity contribution is 5.96. The number of hydrogen-bond donors (Lipinski definition) is 1. The molecule has 5 aromatic carbocycles. The largest absolute Gasteiger partial charge is 0.358 e.